The predicted molar refractivity (Wildman–Crippen MR) is 127 cm³/mol. The number of carbonyl (C=O) groups excluding carboxylic acids is 2. The number of esters is 1. The first-order chi connectivity index (χ1) is 16.2. The van der Waals surface area contributed by atoms with E-state index >= 15 is 0 Å². The molecule has 0 atom stereocenters. The lowest BCUT2D eigenvalue weighted by atomic mass is 9.83. The van der Waals surface area contributed by atoms with Crippen LogP contribution in [0.15, 0.2) is 36.4 Å². The number of fused-ring (bicyclic) bond motifs is 1. The van der Waals surface area contributed by atoms with Crippen LogP contribution in [0.1, 0.15) is 69.8 Å². The fraction of sp³-hybridized carbons (Fsp3) is 0.400. The SMILES string of the molecule is COC(=O)c1cc2nc([C@H]3CC[C@H](CO)CC3)sc2cc1NC(=O)c1cccc(C(C)(F)F)c1. The van der Waals surface area contributed by atoms with E-state index in [4.69, 9.17) is 9.72 Å². The highest BCUT2D eigenvalue weighted by Gasteiger charge is 2.27. The summed E-state index contributed by atoms with van der Waals surface area (Å²) in [5.41, 5.74) is 0.793. The van der Waals surface area contributed by atoms with Crippen LogP contribution in [0.25, 0.3) is 10.2 Å². The Hall–Kier alpha value is -2.91. The van der Waals surface area contributed by atoms with Gasteiger partial charge < -0.3 is 15.2 Å². The zero-order chi connectivity index (χ0) is 24.5. The number of halogens is 2. The van der Waals surface area contributed by atoms with Crippen molar-refractivity contribution >= 4 is 39.1 Å². The fourth-order valence-corrected chi connectivity index (χ4v) is 5.43. The van der Waals surface area contributed by atoms with Gasteiger partial charge in [-0.05, 0) is 55.9 Å². The molecule has 4 rings (SSSR count). The van der Waals surface area contributed by atoms with Gasteiger partial charge in [0.1, 0.15) is 0 Å². The Morgan fingerprint density at radius 2 is 1.94 bits per heavy atom. The number of hydrogen-bond acceptors (Lipinski definition) is 6. The summed E-state index contributed by atoms with van der Waals surface area (Å²) in [4.78, 5) is 30.0. The van der Waals surface area contributed by atoms with E-state index in [9.17, 15) is 23.5 Å². The molecule has 0 aliphatic heterocycles. The summed E-state index contributed by atoms with van der Waals surface area (Å²) in [6.45, 7) is 0.974. The summed E-state index contributed by atoms with van der Waals surface area (Å²) in [5, 5.41) is 13.0. The molecule has 0 bridgehead atoms. The Bertz CT molecular complexity index is 1210. The number of amides is 1. The number of ether oxygens (including phenoxy) is 1. The van der Waals surface area contributed by atoms with Crippen LogP contribution in [0.3, 0.4) is 0 Å². The maximum absolute atomic E-state index is 13.7. The number of aliphatic hydroxyl groups excluding tert-OH is 1. The maximum Gasteiger partial charge on any atom is 0.340 e. The molecular weight excluding hydrogens is 462 g/mol. The molecule has 9 heteroatoms. The second-order valence-corrected chi connectivity index (χ2v) is 9.79. The minimum atomic E-state index is -3.08. The Morgan fingerprint density at radius 1 is 1.21 bits per heavy atom. The van der Waals surface area contributed by atoms with E-state index in [1.54, 1.807) is 12.1 Å². The summed E-state index contributed by atoms with van der Waals surface area (Å²) in [6, 6.07) is 8.50. The standard InChI is InChI=1S/C25H26F2N2O4S/c1-25(26,27)17-5-3-4-16(10-17)22(31)28-19-12-21-20(11-18(19)24(32)33-2)29-23(34-21)15-8-6-14(13-30)7-9-15/h3-5,10-12,14-15,30H,6-9,13H2,1-2H3,(H,28,31)/t14-,15-. The van der Waals surface area contributed by atoms with Crippen molar-refractivity contribution in [1.29, 1.82) is 0 Å². The number of benzene rings is 2. The minimum absolute atomic E-state index is 0.0561. The van der Waals surface area contributed by atoms with E-state index in [1.165, 1.54) is 36.6 Å². The normalized spacial score (nSPS) is 18.6. The second kappa shape index (κ2) is 9.76. The molecule has 34 heavy (non-hydrogen) atoms. The lowest BCUT2D eigenvalue weighted by Gasteiger charge is -2.25. The van der Waals surface area contributed by atoms with Crippen molar-refractivity contribution in [2.75, 3.05) is 19.0 Å². The molecule has 6 nitrogen and oxygen atoms in total. The van der Waals surface area contributed by atoms with Crippen molar-refractivity contribution < 1.29 is 28.2 Å². The van der Waals surface area contributed by atoms with Crippen LogP contribution in [0.5, 0.6) is 0 Å². The third-order valence-corrected chi connectivity index (χ3v) is 7.46. The smallest absolute Gasteiger partial charge is 0.340 e. The van der Waals surface area contributed by atoms with Crippen molar-refractivity contribution in [2.24, 2.45) is 5.92 Å². The summed E-state index contributed by atoms with van der Waals surface area (Å²) in [5.74, 6) is -3.70. The van der Waals surface area contributed by atoms with Gasteiger partial charge in [0.25, 0.3) is 11.8 Å². The number of anilines is 1. The number of aromatic nitrogens is 1. The molecule has 180 valence electrons. The molecule has 2 aromatic carbocycles. The largest absolute Gasteiger partial charge is 0.465 e. The van der Waals surface area contributed by atoms with Crippen molar-refractivity contribution in [1.82, 2.24) is 4.98 Å². The lowest BCUT2D eigenvalue weighted by Crippen LogP contribution is -2.16. The number of aliphatic hydroxyl groups is 1. The van der Waals surface area contributed by atoms with Crippen LogP contribution in [0.2, 0.25) is 0 Å². The molecule has 3 aromatic rings. The number of rotatable bonds is 6. The first-order valence-electron chi connectivity index (χ1n) is 11.1. The molecule has 1 aromatic heterocycles. The molecule has 0 radical (unpaired) electrons. The van der Waals surface area contributed by atoms with Crippen molar-refractivity contribution in [3.05, 3.63) is 58.1 Å². The van der Waals surface area contributed by atoms with Crippen LogP contribution in [0, 0.1) is 5.92 Å². The average Bonchev–Trinajstić information content (AvgIpc) is 3.25. The van der Waals surface area contributed by atoms with E-state index in [-0.39, 0.29) is 29.0 Å². The summed E-state index contributed by atoms with van der Waals surface area (Å²) in [6.07, 6.45) is 3.77. The highest BCUT2D eigenvalue weighted by Crippen LogP contribution is 2.40. The van der Waals surface area contributed by atoms with Gasteiger partial charge in [0.15, 0.2) is 0 Å². The monoisotopic (exact) mass is 488 g/mol. The number of hydrogen-bond donors (Lipinski definition) is 2. The number of carbonyl (C=O) groups is 2. The molecule has 0 unspecified atom stereocenters. The number of nitrogens with zero attached hydrogens (tertiary/aromatic N) is 1. The van der Waals surface area contributed by atoms with Crippen LogP contribution in [-0.2, 0) is 10.7 Å². The maximum atomic E-state index is 13.7. The van der Waals surface area contributed by atoms with Gasteiger partial charge >= 0.3 is 5.97 Å². The zero-order valence-electron chi connectivity index (χ0n) is 18.9. The highest BCUT2D eigenvalue weighted by molar-refractivity contribution is 7.18. The van der Waals surface area contributed by atoms with E-state index in [1.807, 2.05) is 0 Å². The molecule has 2 N–H and O–H groups in total. The molecule has 1 heterocycles. The Morgan fingerprint density at radius 3 is 2.59 bits per heavy atom. The lowest BCUT2D eigenvalue weighted by molar-refractivity contribution is 0.0174. The quantitative estimate of drug-likeness (QED) is 0.434. The third kappa shape index (κ3) is 5.10. The predicted octanol–water partition coefficient (Wildman–Crippen LogP) is 5.71. The van der Waals surface area contributed by atoms with Crippen LogP contribution in [0.4, 0.5) is 14.5 Å². The van der Waals surface area contributed by atoms with Crippen LogP contribution in [-0.4, -0.2) is 35.7 Å². The molecule has 1 aliphatic rings. The topological polar surface area (TPSA) is 88.5 Å². The Balaban J connectivity index is 1.65. The molecule has 1 amide bonds. The number of nitrogens with one attached hydrogen (secondary N) is 1. The molecule has 0 spiro atoms. The number of thiazole rings is 1. The first-order valence-corrected chi connectivity index (χ1v) is 11.9. The van der Waals surface area contributed by atoms with Gasteiger partial charge in [0, 0.05) is 30.6 Å². The van der Waals surface area contributed by atoms with Gasteiger partial charge in [-0.2, -0.15) is 0 Å². The van der Waals surface area contributed by atoms with Crippen molar-refractivity contribution in [2.45, 2.75) is 44.4 Å². The van der Waals surface area contributed by atoms with Gasteiger partial charge in [0.05, 0.1) is 33.6 Å². The summed E-state index contributed by atoms with van der Waals surface area (Å²) >= 11 is 1.51. The minimum Gasteiger partial charge on any atom is -0.465 e. The van der Waals surface area contributed by atoms with Crippen molar-refractivity contribution in [3.8, 4) is 0 Å². The van der Waals surface area contributed by atoms with E-state index < -0.39 is 17.8 Å². The van der Waals surface area contributed by atoms with E-state index in [0.717, 1.165) is 48.4 Å². The molecule has 1 saturated carbocycles. The van der Waals surface area contributed by atoms with Crippen LogP contribution < -0.4 is 5.32 Å². The number of methoxy groups -OCH3 is 1. The summed E-state index contributed by atoms with van der Waals surface area (Å²) in [7, 11) is 1.25. The molecule has 1 aliphatic carbocycles. The Kier molecular flexibility index (Phi) is 6.95. The van der Waals surface area contributed by atoms with Crippen molar-refractivity contribution in [3.63, 3.8) is 0 Å². The molecule has 1 fully saturated rings. The van der Waals surface area contributed by atoms with E-state index in [0.29, 0.717) is 17.4 Å². The van der Waals surface area contributed by atoms with Gasteiger partial charge in [-0.1, -0.05) is 12.1 Å². The van der Waals surface area contributed by atoms with E-state index in [2.05, 4.69) is 5.32 Å². The molecular formula is C25H26F2N2O4S. The first kappa shape index (κ1) is 24.2. The zero-order valence-corrected chi connectivity index (χ0v) is 19.8. The Labute approximate surface area is 200 Å². The molecule has 0 saturated heterocycles. The second-order valence-electron chi connectivity index (χ2n) is 8.73. The van der Waals surface area contributed by atoms with Gasteiger partial charge in [-0.25, -0.2) is 18.6 Å². The number of alkyl halides is 2. The third-order valence-electron chi connectivity index (χ3n) is 6.28. The fourth-order valence-electron chi connectivity index (χ4n) is 4.27. The highest BCUT2D eigenvalue weighted by atomic mass is 32.1. The average molecular weight is 489 g/mol. The van der Waals surface area contributed by atoms with Gasteiger partial charge in [0.2, 0.25) is 0 Å². The van der Waals surface area contributed by atoms with Crippen LogP contribution >= 0.6 is 11.3 Å². The summed E-state index contributed by atoms with van der Waals surface area (Å²) < 4.78 is 33.1. The van der Waals surface area contributed by atoms with Gasteiger partial charge in [-0.3, -0.25) is 4.79 Å². The van der Waals surface area contributed by atoms with Gasteiger partial charge in [-0.15, -0.1) is 11.3 Å².